The van der Waals surface area contributed by atoms with E-state index < -0.39 is 41.5 Å². The molecule has 2 aromatic carbocycles. The van der Waals surface area contributed by atoms with Crippen LogP contribution in [0.5, 0.6) is 0 Å². The highest BCUT2D eigenvalue weighted by Gasteiger charge is 2.41. The molecule has 0 aliphatic carbocycles. The maximum atomic E-state index is 14.0. The molecule has 0 bridgehead atoms. The number of fused-ring (bicyclic) bond motifs is 1. The fraction of sp³-hybridized carbons (Fsp3) is 0.407. The molecule has 2 aliphatic heterocycles. The molecule has 1 amide bonds. The van der Waals surface area contributed by atoms with Crippen molar-refractivity contribution in [3.8, 4) is 0 Å². The summed E-state index contributed by atoms with van der Waals surface area (Å²) < 4.78 is 99.8. The van der Waals surface area contributed by atoms with Crippen molar-refractivity contribution >= 4 is 11.6 Å². The smallest absolute Gasteiger partial charge is 0.364 e. The van der Waals surface area contributed by atoms with Gasteiger partial charge in [-0.05, 0) is 53.3 Å². The van der Waals surface area contributed by atoms with Crippen molar-refractivity contribution in [3.63, 3.8) is 0 Å². The average molecular weight is 555 g/mol. The third-order valence-corrected chi connectivity index (χ3v) is 7.23. The minimum absolute atomic E-state index is 0.0633. The number of benzene rings is 2. The number of alkyl halides is 7. The van der Waals surface area contributed by atoms with Gasteiger partial charge in [-0.1, -0.05) is 24.2 Å². The lowest BCUT2D eigenvalue weighted by Gasteiger charge is -2.19. The molecule has 5 nitrogen and oxygen atoms in total. The lowest BCUT2D eigenvalue weighted by atomic mass is 9.94. The number of hydrogen-bond donors (Lipinski definition) is 0. The van der Waals surface area contributed by atoms with Gasteiger partial charge in [0.25, 0.3) is 5.91 Å². The van der Waals surface area contributed by atoms with E-state index in [1.165, 1.54) is 11.0 Å². The van der Waals surface area contributed by atoms with Gasteiger partial charge in [0.15, 0.2) is 0 Å². The largest absolute Gasteiger partial charge is 0.421 e. The first-order valence-corrected chi connectivity index (χ1v) is 12.3. The van der Waals surface area contributed by atoms with Crippen molar-refractivity contribution in [3.05, 3.63) is 81.7 Å². The highest BCUT2D eigenvalue weighted by Crippen LogP contribution is 2.40. The van der Waals surface area contributed by atoms with Gasteiger partial charge in [0, 0.05) is 37.3 Å². The Bertz CT molecular complexity index is 1380. The molecule has 2 atom stereocenters. The van der Waals surface area contributed by atoms with Crippen molar-refractivity contribution in [1.29, 1.82) is 0 Å². The van der Waals surface area contributed by atoms with Crippen LogP contribution in [0.2, 0.25) is 0 Å². The monoisotopic (exact) mass is 555 g/mol. The van der Waals surface area contributed by atoms with Gasteiger partial charge >= 0.3 is 12.4 Å². The number of rotatable bonds is 6. The van der Waals surface area contributed by atoms with E-state index in [4.69, 9.17) is 0 Å². The molecule has 3 heterocycles. The number of nitrogens with zero attached hydrogens (tertiary/aromatic N) is 3. The van der Waals surface area contributed by atoms with E-state index in [9.17, 15) is 35.5 Å². The molecule has 12 heteroatoms. The Morgan fingerprint density at radius 2 is 1.82 bits per heavy atom. The molecule has 3 aromatic rings. The predicted molar refractivity (Wildman–Crippen MR) is 127 cm³/mol. The molecule has 2 aliphatic rings. The second kappa shape index (κ2) is 9.96. The fourth-order valence-corrected chi connectivity index (χ4v) is 5.25. The van der Waals surface area contributed by atoms with Crippen LogP contribution in [0.1, 0.15) is 63.1 Å². The van der Waals surface area contributed by atoms with E-state index in [2.05, 4.69) is 9.68 Å². The summed E-state index contributed by atoms with van der Waals surface area (Å²) in [5.74, 6) is -1.07. The Hall–Kier alpha value is -3.41. The summed E-state index contributed by atoms with van der Waals surface area (Å²) in [7, 11) is 0. The molecule has 0 N–H and O–H groups in total. The average Bonchev–Trinajstić information content (AvgIpc) is 3.57. The van der Waals surface area contributed by atoms with Gasteiger partial charge in [0.05, 0.1) is 17.8 Å². The summed E-state index contributed by atoms with van der Waals surface area (Å²) in [4.78, 5) is 16.3. The van der Waals surface area contributed by atoms with Gasteiger partial charge in [0.1, 0.15) is 18.0 Å². The molecule has 0 radical (unpaired) electrons. The minimum Gasteiger partial charge on any atom is -0.364 e. The summed E-state index contributed by atoms with van der Waals surface area (Å²) in [5, 5.41) is 3.48. The van der Waals surface area contributed by atoms with E-state index in [1.54, 1.807) is 36.1 Å². The van der Waals surface area contributed by atoms with Crippen LogP contribution in [0.25, 0.3) is 0 Å². The van der Waals surface area contributed by atoms with Gasteiger partial charge in [-0.3, -0.25) is 9.69 Å². The number of hydrogen-bond acceptors (Lipinski definition) is 4. The zero-order chi connectivity index (χ0) is 28.1. The summed E-state index contributed by atoms with van der Waals surface area (Å²) in [6.45, 7) is 2.02. The van der Waals surface area contributed by atoms with Crippen LogP contribution in [0.15, 0.2) is 47.2 Å². The Balaban J connectivity index is 1.41. The van der Waals surface area contributed by atoms with Crippen LogP contribution >= 0.6 is 0 Å². The summed E-state index contributed by atoms with van der Waals surface area (Å²) in [6, 6.07) is 8.88. The van der Waals surface area contributed by atoms with Crippen LogP contribution in [0, 0.1) is 0 Å². The maximum absolute atomic E-state index is 14.0. The van der Waals surface area contributed by atoms with Gasteiger partial charge in [-0.2, -0.15) is 26.3 Å². The number of likely N-dealkylation sites (tertiary alicyclic amines) is 1. The minimum atomic E-state index is -4.70. The second-order valence-electron chi connectivity index (χ2n) is 10.1. The molecule has 1 fully saturated rings. The van der Waals surface area contributed by atoms with E-state index in [-0.39, 0.29) is 48.4 Å². The van der Waals surface area contributed by atoms with Crippen molar-refractivity contribution in [2.24, 2.45) is 0 Å². The molecule has 208 valence electrons. The number of aromatic nitrogens is 1. The summed E-state index contributed by atoms with van der Waals surface area (Å²) in [6.07, 6.45) is -9.59. The maximum Gasteiger partial charge on any atom is 0.421 e. The Kier molecular flexibility index (Phi) is 6.94. The molecule has 0 spiro atoms. The molecular formula is C27H24F7N3O2. The van der Waals surface area contributed by atoms with Gasteiger partial charge in [-0.25, -0.2) is 4.39 Å². The number of halogens is 7. The van der Waals surface area contributed by atoms with E-state index in [0.717, 1.165) is 6.07 Å². The van der Waals surface area contributed by atoms with Crippen LogP contribution in [0.4, 0.5) is 36.4 Å². The third-order valence-electron chi connectivity index (χ3n) is 7.23. The Morgan fingerprint density at radius 3 is 2.49 bits per heavy atom. The van der Waals surface area contributed by atoms with Crippen LogP contribution in [-0.4, -0.2) is 35.2 Å². The lowest BCUT2D eigenvalue weighted by molar-refractivity contribution is -0.139. The third kappa shape index (κ3) is 5.52. The van der Waals surface area contributed by atoms with Crippen molar-refractivity contribution in [2.75, 3.05) is 18.0 Å². The number of amides is 1. The van der Waals surface area contributed by atoms with Gasteiger partial charge in [0.2, 0.25) is 0 Å². The molecule has 39 heavy (non-hydrogen) atoms. The first kappa shape index (κ1) is 27.2. The zero-order valence-corrected chi connectivity index (χ0v) is 20.7. The number of carbonyl (C=O) groups excluding carboxylic acids is 1. The van der Waals surface area contributed by atoms with Crippen molar-refractivity contribution < 1.29 is 40.1 Å². The Labute approximate surface area is 219 Å². The SMILES string of the molecule is CC(Cc1nocc1C(F)(F)F)c1cccc(N2Cc3c(cc(CN4CC[C@H](F)C4)cc3C(F)(F)F)C2=O)c1. The summed E-state index contributed by atoms with van der Waals surface area (Å²) >= 11 is 0. The first-order valence-electron chi connectivity index (χ1n) is 12.3. The topological polar surface area (TPSA) is 49.6 Å². The van der Waals surface area contributed by atoms with Crippen LogP contribution in [-0.2, 0) is 31.9 Å². The highest BCUT2D eigenvalue weighted by molar-refractivity contribution is 6.10. The van der Waals surface area contributed by atoms with Crippen LogP contribution < -0.4 is 4.90 Å². The lowest BCUT2D eigenvalue weighted by Crippen LogP contribution is -2.23. The quantitative estimate of drug-likeness (QED) is 0.316. The van der Waals surface area contributed by atoms with E-state index >= 15 is 0 Å². The first-order chi connectivity index (χ1) is 18.3. The Morgan fingerprint density at radius 1 is 1.08 bits per heavy atom. The summed E-state index contributed by atoms with van der Waals surface area (Å²) in [5.41, 5.74) is -1.15. The van der Waals surface area contributed by atoms with Gasteiger partial charge < -0.3 is 9.42 Å². The molecule has 0 saturated carbocycles. The van der Waals surface area contributed by atoms with E-state index in [1.807, 2.05) is 0 Å². The van der Waals surface area contributed by atoms with Crippen LogP contribution in [0.3, 0.4) is 0 Å². The molecule has 1 aromatic heterocycles. The predicted octanol–water partition coefficient (Wildman–Crippen LogP) is 6.76. The number of anilines is 1. The molecular weight excluding hydrogens is 531 g/mol. The van der Waals surface area contributed by atoms with Crippen molar-refractivity contribution in [2.45, 2.75) is 57.3 Å². The van der Waals surface area contributed by atoms with Crippen molar-refractivity contribution in [1.82, 2.24) is 10.1 Å². The fourth-order valence-electron chi connectivity index (χ4n) is 5.25. The molecule has 5 rings (SSSR count). The molecule has 1 saturated heterocycles. The second-order valence-corrected chi connectivity index (χ2v) is 10.1. The molecule has 1 unspecified atom stereocenters. The van der Waals surface area contributed by atoms with E-state index in [0.29, 0.717) is 30.5 Å². The highest BCUT2D eigenvalue weighted by atomic mass is 19.4. The number of carbonyl (C=O) groups is 1. The standard InChI is InChI=1S/C27H24F7N3O2/c1-15(7-24-23(14-39-35-24)27(32,33)34)17-3-2-4-19(10-17)37-13-21-20(25(37)38)8-16(9-22(21)26(29,30)31)11-36-6-5-18(28)12-36/h2-4,8-10,14-15,18H,5-7,11-13H2,1H3/t15?,18-/m0/s1. The zero-order valence-electron chi connectivity index (χ0n) is 20.7. The normalized spacial score (nSPS) is 19.1. The van der Waals surface area contributed by atoms with Gasteiger partial charge in [-0.15, -0.1) is 0 Å².